The van der Waals surface area contributed by atoms with Crippen LogP contribution in [0.4, 0.5) is 5.69 Å². The number of ether oxygens (including phenoxy) is 1. The quantitative estimate of drug-likeness (QED) is 0.895. The molecule has 1 aliphatic rings. The average molecular weight is 297 g/mol. The second-order valence-corrected chi connectivity index (χ2v) is 5.36. The predicted molar refractivity (Wildman–Crippen MR) is 85.2 cm³/mol. The summed E-state index contributed by atoms with van der Waals surface area (Å²) < 4.78 is 5.86. The summed E-state index contributed by atoms with van der Waals surface area (Å²) in [6, 6.07) is 15.5. The molecule has 0 aliphatic carbocycles. The maximum absolute atomic E-state index is 11.5. The summed E-state index contributed by atoms with van der Waals surface area (Å²) in [4.78, 5) is 11.5. The Morgan fingerprint density at radius 3 is 2.68 bits per heavy atom. The number of fused-ring (bicyclic) bond motifs is 1. The van der Waals surface area contributed by atoms with Gasteiger partial charge in [-0.05, 0) is 18.6 Å². The summed E-state index contributed by atoms with van der Waals surface area (Å²) in [5, 5.41) is 12.8. The van der Waals surface area contributed by atoms with Crippen molar-refractivity contribution in [1.82, 2.24) is 0 Å². The van der Waals surface area contributed by atoms with E-state index in [1.807, 2.05) is 31.2 Å². The summed E-state index contributed by atoms with van der Waals surface area (Å²) in [5.74, 6) is -0.923. The van der Waals surface area contributed by atoms with E-state index in [1.54, 1.807) is 12.1 Å². The molecular weight excluding hydrogens is 278 g/mol. The van der Waals surface area contributed by atoms with E-state index in [2.05, 4.69) is 17.4 Å². The smallest absolute Gasteiger partial charge is 0.337 e. The zero-order valence-electron chi connectivity index (χ0n) is 12.5. The van der Waals surface area contributed by atoms with Crippen LogP contribution >= 0.6 is 0 Å². The molecule has 0 spiro atoms. The molecule has 4 heteroatoms. The second kappa shape index (κ2) is 6.20. The average Bonchev–Trinajstić information content (AvgIpc) is 2.55. The van der Waals surface area contributed by atoms with Crippen LogP contribution in [0, 0.1) is 0 Å². The van der Waals surface area contributed by atoms with Crippen molar-refractivity contribution >= 4 is 11.7 Å². The normalized spacial score (nSPS) is 20.0. The van der Waals surface area contributed by atoms with Crippen molar-refractivity contribution < 1.29 is 14.6 Å². The van der Waals surface area contributed by atoms with Crippen molar-refractivity contribution in [2.45, 2.75) is 25.5 Å². The largest absolute Gasteiger partial charge is 0.478 e. The molecule has 0 unspecified atom stereocenters. The Morgan fingerprint density at radius 1 is 1.23 bits per heavy atom. The van der Waals surface area contributed by atoms with Gasteiger partial charge in [-0.25, -0.2) is 4.79 Å². The van der Waals surface area contributed by atoms with E-state index in [4.69, 9.17) is 4.74 Å². The first-order chi connectivity index (χ1) is 10.7. The first kappa shape index (κ1) is 14.6. The third kappa shape index (κ3) is 2.70. The maximum Gasteiger partial charge on any atom is 0.337 e. The number of hydrogen-bond donors (Lipinski definition) is 2. The lowest BCUT2D eigenvalue weighted by atomic mass is 9.89. The number of carbonyl (C=O) groups is 1. The van der Waals surface area contributed by atoms with Gasteiger partial charge in [0.05, 0.1) is 23.4 Å². The van der Waals surface area contributed by atoms with Crippen molar-refractivity contribution in [3.05, 3.63) is 65.2 Å². The lowest BCUT2D eigenvalue weighted by molar-refractivity contribution is 0.0496. The number of benzene rings is 2. The molecule has 2 aromatic rings. The molecule has 4 nitrogen and oxygen atoms in total. The highest BCUT2D eigenvalue weighted by Crippen LogP contribution is 2.42. The van der Waals surface area contributed by atoms with Crippen LogP contribution in [0.5, 0.6) is 0 Å². The van der Waals surface area contributed by atoms with Gasteiger partial charge < -0.3 is 15.2 Å². The molecule has 2 atom stereocenters. The Labute approximate surface area is 129 Å². The van der Waals surface area contributed by atoms with Crippen molar-refractivity contribution in [3.8, 4) is 0 Å². The molecule has 22 heavy (non-hydrogen) atoms. The number of para-hydroxylation sites is 1. The minimum absolute atomic E-state index is 0.0470. The lowest BCUT2D eigenvalue weighted by Gasteiger charge is -2.34. The van der Waals surface area contributed by atoms with Crippen LogP contribution in [0.1, 0.15) is 47.0 Å². The van der Waals surface area contributed by atoms with Gasteiger partial charge in [-0.15, -0.1) is 0 Å². The van der Waals surface area contributed by atoms with Crippen molar-refractivity contribution in [2.75, 3.05) is 11.9 Å². The summed E-state index contributed by atoms with van der Waals surface area (Å²) >= 11 is 0. The van der Waals surface area contributed by atoms with Crippen LogP contribution in [0.15, 0.2) is 48.5 Å². The van der Waals surface area contributed by atoms with Crippen molar-refractivity contribution in [2.24, 2.45) is 0 Å². The molecule has 0 saturated heterocycles. The molecule has 0 radical (unpaired) electrons. The number of nitrogens with one attached hydrogen (secondary N) is 1. The molecule has 0 amide bonds. The molecule has 0 bridgehead atoms. The number of aromatic carboxylic acids is 1. The van der Waals surface area contributed by atoms with Crippen molar-refractivity contribution in [1.29, 1.82) is 0 Å². The minimum atomic E-state index is -0.923. The molecule has 0 saturated carbocycles. The van der Waals surface area contributed by atoms with Crippen LogP contribution in [-0.2, 0) is 4.74 Å². The first-order valence-corrected chi connectivity index (χ1v) is 7.50. The molecule has 0 fully saturated rings. The van der Waals surface area contributed by atoms with Gasteiger partial charge in [0.25, 0.3) is 0 Å². The maximum atomic E-state index is 11.5. The van der Waals surface area contributed by atoms with Gasteiger partial charge in [-0.2, -0.15) is 0 Å². The van der Waals surface area contributed by atoms with E-state index in [1.165, 1.54) is 0 Å². The highest BCUT2D eigenvalue weighted by molar-refractivity contribution is 5.95. The van der Waals surface area contributed by atoms with E-state index >= 15 is 0 Å². The van der Waals surface area contributed by atoms with E-state index in [-0.39, 0.29) is 12.1 Å². The fourth-order valence-electron chi connectivity index (χ4n) is 3.02. The van der Waals surface area contributed by atoms with E-state index < -0.39 is 5.97 Å². The molecule has 114 valence electrons. The number of carboxylic acids is 1. The third-order valence-electron chi connectivity index (χ3n) is 4.01. The number of carboxylic acid groups (broad SMARTS) is 1. The molecule has 1 heterocycles. The topological polar surface area (TPSA) is 58.6 Å². The van der Waals surface area contributed by atoms with Gasteiger partial charge >= 0.3 is 5.97 Å². The molecule has 1 aliphatic heterocycles. The lowest BCUT2D eigenvalue weighted by Crippen LogP contribution is -2.25. The zero-order valence-corrected chi connectivity index (χ0v) is 12.5. The SMILES string of the molecule is CCO[C@@H]1C[C@H](c2ccccc2)Nc2c(C(=O)O)cccc21. The standard InChI is InChI=1S/C18H19NO3/c1-2-22-16-11-15(12-7-4-3-5-8-12)19-17-13(16)9-6-10-14(17)18(20)21/h3-10,15-16,19H,2,11H2,1H3,(H,20,21)/t15-,16-/m1/s1. The zero-order chi connectivity index (χ0) is 15.5. The second-order valence-electron chi connectivity index (χ2n) is 5.36. The van der Waals surface area contributed by atoms with Gasteiger partial charge in [-0.3, -0.25) is 0 Å². The third-order valence-corrected chi connectivity index (χ3v) is 4.01. The fraction of sp³-hybridized carbons (Fsp3) is 0.278. The van der Waals surface area contributed by atoms with Gasteiger partial charge in [0.1, 0.15) is 0 Å². The molecule has 0 aromatic heterocycles. The van der Waals surface area contributed by atoms with Gasteiger partial charge in [0.2, 0.25) is 0 Å². The molecule has 3 rings (SSSR count). The van der Waals surface area contributed by atoms with Gasteiger partial charge in [-0.1, -0.05) is 42.5 Å². The summed E-state index contributed by atoms with van der Waals surface area (Å²) in [7, 11) is 0. The molecule has 2 N–H and O–H groups in total. The van der Waals surface area contributed by atoms with Crippen LogP contribution in [0.25, 0.3) is 0 Å². The Kier molecular flexibility index (Phi) is 4.11. The minimum Gasteiger partial charge on any atom is -0.478 e. The summed E-state index contributed by atoms with van der Waals surface area (Å²) in [6.45, 7) is 2.56. The molecular formula is C18H19NO3. The predicted octanol–water partition coefficient (Wildman–Crippen LogP) is 4.02. The molecule has 2 aromatic carbocycles. The Hall–Kier alpha value is -2.33. The Bertz CT molecular complexity index is 669. The number of anilines is 1. The van der Waals surface area contributed by atoms with Crippen LogP contribution in [-0.4, -0.2) is 17.7 Å². The fourth-order valence-corrected chi connectivity index (χ4v) is 3.02. The number of hydrogen-bond acceptors (Lipinski definition) is 3. The summed E-state index contributed by atoms with van der Waals surface area (Å²) in [5.41, 5.74) is 3.03. The van der Waals surface area contributed by atoms with Crippen LogP contribution in [0.2, 0.25) is 0 Å². The Morgan fingerprint density at radius 2 is 2.00 bits per heavy atom. The summed E-state index contributed by atoms with van der Waals surface area (Å²) in [6.07, 6.45) is 0.694. The van der Waals surface area contributed by atoms with Crippen LogP contribution in [0.3, 0.4) is 0 Å². The van der Waals surface area contributed by atoms with E-state index in [0.29, 0.717) is 17.9 Å². The van der Waals surface area contributed by atoms with Gasteiger partial charge in [0, 0.05) is 18.6 Å². The highest BCUT2D eigenvalue weighted by Gasteiger charge is 2.30. The monoisotopic (exact) mass is 297 g/mol. The Balaban J connectivity index is 2.04. The first-order valence-electron chi connectivity index (χ1n) is 7.50. The number of rotatable bonds is 4. The van der Waals surface area contributed by atoms with E-state index in [0.717, 1.165) is 17.5 Å². The van der Waals surface area contributed by atoms with Crippen molar-refractivity contribution in [3.63, 3.8) is 0 Å². The van der Waals surface area contributed by atoms with E-state index in [9.17, 15) is 9.90 Å². The van der Waals surface area contributed by atoms with Gasteiger partial charge in [0.15, 0.2) is 0 Å². The van der Waals surface area contributed by atoms with Crippen LogP contribution < -0.4 is 5.32 Å². The highest BCUT2D eigenvalue weighted by atomic mass is 16.5.